The fourth-order valence-electron chi connectivity index (χ4n) is 1.71. The minimum absolute atomic E-state index is 0.0848. The monoisotopic (exact) mass is 226 g/mol. The van der Waals surface area contributed by atoms with Gasteiger partial charge in [-0.3, -0.25) is 4.68 Å². The first kappa shape index (κ1) is 13.2. The normalized spacial score (nSPS) is 13.3. The third-order valence-electron chi connectivity index (χ3n) is 2.60. The lowest BCUT2D eigenvalue weighted by Gasteiger charge is -2.20. The number of aryl methyl sites for hydroxylation is 1. The maximum absolute atomic E-state index is 5.88. The van der Waals surface area contributed by atoms with Crippen LogP contribution in [0, 0.1) is 0 Å². The van der Waals surface area contributed by atoms with E-state index in [-0.39, 0.29) is 6.04 Å². The number of likely N-dealkylation sites (N-methyl/N-ethyl adjacent to an activating group) is 1. The van der Waals surface area contributed by atoms with Gasteiger partial charge >= 0.3 is 0 Å². The lowest BCUT2D eigenvalue weighted by atomic mass is 10.2. The number of nitrogens with zero attached hydrogens (tertiary/aromatic N) is 3. The number of aromatic nitrogens is 2. The Morgan fingerprint density at radius 3 is 2.94 bits per heavy atom. The number of hydrogen-bond acceptors (Lipinski definition) is 4. The number of methoxy groups -OCH3 is 1. The van der Waals surface area contributed by atoms with Crippen LogP contribution in [-0.2, 0) is 18.2 Å². The molecule has 0 fully saturated rings. The molecule has 0 aliphatic rings. The van der Waals surface area contributed by atoms with E-state index >= 15 is 0 Å². The molecular weight excluding hydrogens is 204 g/mol. The van der Waals surface area contributed by atoms with Crippen LogP contribution in [0.5, 0.6) is 0 Å². The van der Waals surface area contributed by atoms with E-state index in [1.165, 1.54) is 5.69 Å². The summed E-state index contributed by atoms with van der Waals surface area (Å²) in [6.45, 7) is 2.44. The first-order valence-corrected chi connectivity index (χ1v) is 5.53. The van der Waals surface area contributed by atoms with Gasteiger partial charge < -0.3 is 15.4 Å². The van der Waals surface area contributed by atoms with Gasteiger partial charge in [0.2, 0.25) is 0 Å². The molecule has 16 heavy (non-hydrogen) atoms. The Hall–Kier alpha value is -0.910. The number of ether oxygens (including phenoxy) is 1. The Bertz CT molecular complexity index is 300. The van der Waals surface area contributed by atoms with E-state index in [1.54, 1.807) is 7.11 Å². The second kappa shape index (κ2) is 6.62. The maximum atomic E-state index is 5.88. The van der Waals surface area contributed by atoms with Crippen molar-refractivity contribution in [2.45, 2.75) is 12.5 Å². The van der Waals surface area contributed by atoms with E-state index in [2.05, 4.69) is 17.0 Å². The summed E-state index contributed by atoms with van der Waals surface area (Å²) in [6.07, 6.45) is 2.82. The lowest BCUT2D eigenvalue weighted by Crippen LogP contribution is -2.39. The smallest absolute Gasteiger partial charge is 0.0626 e. The molecule has 0 aliphatic carbocycles. The van der Waals surface area contributed by atoms with Crippen LogP contribution in [-0.4, -0.2) is 54.6 Å². The highest BCUT2D eigenvalue weighted by Crippen LogP contribution is 1.99. The molecule has 0 saturated carbocycles. The zero-order valence-corrected chi connectivity index (χ0v) is 10.4. The summed E-state index contributed by atoms with van der Waals surface area (Å²) >= 11 is 0. The average molecular weight is 226 g/mol. The molecule has 1 unspecified atom stereocenters. The quantitative estimate of drug-likeness (QED) is 0.703. The van der Waals surface area contributed by atoms with Gasteiger partial charge in [-0.05, 0) is 13.1 Å². The molecular formula is C11H22N4O. The minimum atomic E-state index is 0.0848. The summed E-state index contributed by atoms with van der Waals surface area (Å²) < 4.78 is 6.91. The standard InChI is InChI=1S/C11H22N4O/c1-14(8-10(12)9-16-3)7-5-11-4-6-13-15(11)2/h4,6,10H,5,7-9,12H2,1-3H3. The molecule has 0 spiro atoms. The Labute approximate surface area is 97.2 Å². The van der Waals surface area contributed by atoms with E-state index in [0.717, 1.165) is 19.5 Å². The van der Waals surface area contributed by atoms with Gasteiger partial charge in [0.1, 0.15) is 0 Å². The van der Waals surface area contributed by atoms with Crippen LogP contribution in [0.1, 0.15) is 5.69 Å². The van der Waals surface area contributed by atoms with Crippen molar-refractivity contribution < 1.29 is 4.74 Å². The average Bonchev–Trinajstić information content (AvgIpc) is 2.61. The molecule has 0 radical (unpaired) electrons. The minimum Gasteiger partial charge on any atom is -0.383 e. The Morgan fingerprint density at radius 2 is 2.38 bits per heavy atom. The fraction of sp³-hybridized carbons (Fsp3) is 0.727. The van der Waals surface area contributed by atoms with Gasteiger partial charge in [0.25, 0.3) is 0 Å². The van der Waals surface area contributed by atoms with Crippen molar-refractivity contribution >= 4 is 0 Å². The highest BCUT2D eigenvalue weighted by atomic mass is 16.5. The second-order valence-corrected chi connectivity index (χ2v) is 4.17. The molecule has 5 heteroatoms. The molecule has 0 aliphatic heterocycles. The largest absolute Gasteiger partial charge is 0.383 e. The second-order valence-electron chi connectivity index (χ2n) is 4.17. The molecule has 1 atom stereocenters. The molecule has 0 amide bonds. The summed E-state index contributed by atoms with van der Waals surface area (Å²) in [5, 5.41) is 4.14. The molecule has 5 nitrogen and oxygen atoms in total. The van der Waals surface area contributed by atoms with Gasteiger partial charge in [-0.2, -0.15) is 5.10 Å². The molecule has 2 N–H and O–H groups in total. The Kier molecular flexibility index (Phi) is 5.45. The Balaban J connectivity index is 2.25. The van der Waals surface area contributed by atoms with E-state index in [9.17, 15) is 0 Å². The van der Waals surface area contributed by atoms with E-state index < -0.39 is 0 Å². The van der Waals surface area contributed by atoms with E-state index in [0.29, 0.717) is 6.61 Å². The molecule has 1 aromatic heterocycles. The van der Waals surface area contributed by atoms with Crippen molar-refractivity contribution in [3.8, 4) is 0 Å². The van der Waals surface area contributed by atoms with E-state index in [1.807, 2.05) is 24.0 Å². The molecule has 0 saturated heterocycles. The van der Waals surface area contributed by atoms with Crippen LogP contribution in [0.2, 0.25) is 0 Å². The van der Waals surface area contributed by atoms with Crippen LogP contribution in [0.3, 0.4) is 0 Å². The summed E-state index contributed by atoms with van der Waals surface area (Å²) in [4.78, 5) is 2.22. The highest BCUT2D eigenvalue weighted by Gasteiger charge is 2.07. The van der Waals surface area contributed by atoms with Crippen LogP contribution < -0.4 is 5.73 Å². The van der Waals surface area contributed by atoms with Crippen LogP contribution in [0.4, 0.5) is 0 Å². The summed E-state index contributed by atoms with van der Waals surface area (Å²) in [6, 6.07) is 2.13. The fourth-order valence-corrected chi connectivity index (χ4v) is 1.71. The van der Waals surface area contributed by atoms with Gasteiger partial charge in [-0.25, -0.2) is 0 Å². The third-order valence-corrected chi connectivity index (χ3v) is 2.60. The molecule has 92 valence electrons. The lowest BCUT2D eigenvalue weighted by molar-refractivity contribution is 0.161. The summed E-state index contributed by atoms with van der Waals surface area (Å²) in [5.74, 6) is 0. The zero-order chi connectivity index (χ0) is 12.0. The van der Waals surface area contributed by atoms with Crippen molar-refractivity contribution in [2.24, 2.45) is 12.8 Å². The first-order valence-electron chi connectivity index (χ1n) is 5.53. The first-order chi connectivity index (χ1) is 7.63. The Morgan fingerprint density at radius 1 is 1.62 bits per heavy atom. The predicted molar refractivity (Wildman–Crippen MR) is 64.3 cm³/mol. The zero-order valence-electron chi connectivity index (χ0n) is 10.4. The van der Waals surface area contributed by atoms with Gasteiger partial charge in [0.15, 0.2) is 0 Å². The SMILES string of the molecule is COCC(N)CN(C)CCc1ccnn1C. The van der Waals surface area contributed by atoms with Gasteiger partial charge in [-0.1, -0.05) is 0 Å². The molecule has 1 heterocycles. The van der Waals surface area contributed by atoms with Crippen molar-refractivity contribution in [1.82, 2.24) is 14.7 Å². The maximum Gasteiger partial charge on any atom is 0.0626 e. The summed E-state index contributed by atoms with van der Waals surface area (Å²) in [7, 11) is 5.72. The van der Waals surface area contributed by atoms with Crippen molar-refractivity contribution in [3.05, 3.63) is 18.0 Å². The summed E-state index contributed by atoms with van der Waals surface area (Å²) in [5.41, 5.74) is 7.12. The number of hydrogen-bond donors (Lipinski definition) is 1. The van der Waals surface area contributed by atoms with Crippen molar-refractivity contribution in [1.29, 1.82) is 0 Å². The third kappa shape index (κ3) is 4.30. The van der Waals surface area contributed by atoms with Crippen molar-refractivity contribution in [3.63, 3.8) is 0 Å². The molecule has 0 bridgehead atoms. The van der Waals surface area contributed by atoms with Crippen molar-refractivity contribution in [2.75, 3.05) is 33.9 Å². The molecule has 0 aromatic carbocycles. The van der Waals surface area contributed by atoms with E-state index in [4.69, 9.17) is 10.5 Å². The van der Waals surface area contributed by atoms with Crippen LogP contribution >= 0.6 is 0 Å². The van der Waals surface area contributed by atoms with Crippen LogP contribution in [0.15, 0.2) is 12.3 Å². The topological polar surface area (TPSA) is 56.3 Å². The van der Waals surface area contributed by atoms with Crippen LogP contribution in [0.25, 0.3) is 0 Å². The predicted octanol–water partition coefficient (Wildman–Crippen LogP) is -0.132. The highest BCUT2D eigenvalue weighted by molar-refractivity contribution is 5.00. The van der Waals surface area contributed by atoms with Gasteiger partial charge in [0.05, 0.1) is 6.61 Å². The molecule has 1 aromatic rings. The number of rotatable bonds is 7. The molecule has 1 rings (SSSR count). The van der Waals surface area contributed by atoms with Gasteiger partial charge in [0, 0.05) is 51.6 Å². The number of nitrogens with two attached hydrogens (primary N) is 1. The van der Waals surface area contributed by atoms with Gasteiger partial charge in [-0.15, -0.1) is 0 Å².